The number of carboxylic acid groups (broad SMARTS) is 1. The molecule has 3 heterocycles. The van der Waals surface area contributed by atoms with Gasteiger partial charge in [0.2, 0.25) is 5.36 Å². The third-order valence-corrected chi connectivity index (χ3v) is 5.29. The van der Waals surface area contributed by atoms with Crippen LogP contribution in [0.15, 0.2) is 65.1 Å². The van der Waals surface area contributed by atoms with E-state index in [4.69, 9.17) is 20.9 Å². The molecule has 2 fully saturated rings. The van der Waals surface area contributed by atoms with Gasteiger partial charge < -0.3 is 19.2 Å². The van der Waals surface area contributed by atoms with Crippen LogP contribution in [-0.2, 0) is 0 Å². The summed E-state index contributed by atoms with van der Waals surface area (Å²) in [5, 5.41) is 12.3. The van der Waals surface area contributed by atoms with E-state index in [1.165, 1.54) is 54.6 Å². The molecule has 0 unspecified atom stereocenters. The Kier molecular flexibility index (Phi) is 2.18. The van der Waals surface area contributed by atoms with Crippen LogP contribution in [0, 0.1) is 0 Å². The molecule has 0 spiro atoms. The minimum Gasteiger partial charge on any atom is -0.545 e. The van der Waals surface area contributed by atoms with Gasteiger partial charge in [0.1, 0.15) is 29.8 Å². The van der Waals surface area contributed by atoms with Crippen LogP contribution in [-0.4, -0.2) is 32.0 Å². The second-order valence-electron chi connectivity index (χ2n) is 7.04. The van der Waals surface area contributed by atoms with Crippen molar-refractivity contribution in [2.24, 2.45) is 0 Å². The maximum absolute atomic E-state index is 12.1. The standard InChI is InChI=1S/C26H22N2O3/c29-26(30)20-6-2-1-5-19(20)25-21-9-7-17(27-11-3-12-27)15-23(21)31-24-16-18(8-10-22(24)25)28-13-4-14-28/h1-2,5-10,15-16H,3-4,11-14H2/i3D2,4D2,11D2,12D2,13D2,14D2. The molecule has 0 saturated carbocycles. The van der Waals surface area contributed by atoms with Gasteiger partial charge in [-0.3, -0.25) is 0 Å². The van der Waals surface area contributed by atoms with E-state index in [0.717, 1.165) is 0 Å². The predicted octanol–water partition coefficient (Wildman–Crippen LogP) is 2.95. The van der Waals surface area contributed by atoms with Crippen molar-refractivity contribution >= 4 is 22.6 Å². The first kappa shape index (κ1) is 9.69. The Hall–Kier alpha value is -3.60. The molecule has 2 aromatic carbocycles. The van der Waals surface area contributed by atoms with Gasteiger partial charge in [-0.1, -0.05) is 24.3 Å². The summed E-state index contributed by atoms with van der Waals surface area (Å²) in [6.45, 7) is -10.9. The Morgan fingerprint density at radius 1 is 1.00 bits per heavy atom. The van der Waals surface area contributed by atoms with Crippen molar-refractivity contribution in [3.05, 3.63) is 71.6 Å². The zero-order valence-electron chi connectivity index (χ0n) is 27.9. The summed E-state index contributed by atoms with van der Waals surface area (Å²) in [6.07, 6.45) is -5.69. The lowest BCUT2D eigenvalue weighted by Crippen LogP contribution is -2.40. The number of benzene rings is 3. The number of hydrogen-bond acceptors (Lipinski definition) is 4. The second kappa shape index (κ2) is 6.98. The van der Waals surface area contributed by atoms with Crippen molar-refractivity contribution in [3.8, 4) is 22.5 Å². The van der Waals surface area contributed by atoms with Crippen LogP contribution in [0.4, 0.5) is 5.69 Å². The largest absolute Gasteiger partial charge is 0.545 e. The lowest BCUT2D eigenvalue weighted by molar-refractivity contribution is -0.254. The number of carbonyl (C=O) groups is 1. The molecule has 2 saturated heterocycles. The van der Waals surface area contributed by atoms with Crippen molar-refractivity contribution in [2.75, 3.05) is 30.9 Å². The highest BCUT2D eigenvalue weighted by atomic mass is 16.4. The zero-order valence-corrected chi connectivity index (χ0v) is 15.9. The molecule has 3 aliphatic heterocycles. The van der Waals surface area contributed by atoms with E-state index in [9.17, 15) is 9.90 Å². The number of aromatic carboxylic acids is 1. The lowest BCUT2D eigenvalue weighted by Gasteiger charge is -2.33. The van der Waals surface area contributed by atoms with Gasteiger partial charge in [0.25, 0.3) is 0 Å². The summed E-state index contributed by atoms with van der Waals surface area (Å²) in [5.74, 6) is -1.46. The monoisotopic (exact) mass is 422 g/mol. The molecule has 0 bridgehead atoms. The number of carboxylic acids is 1. The van der Waals surface area contributed by atoms with Crippen molar-refractivity contribution in [3.63, 3.8) is 0 Å². The van der Waals surface area contributed by atoms with Crippen LogP contribution in [0.5, 0.6) is 0 Å². The summed E-state index contributed by atoms with van der Waals surface area (Å²) in [7, 11) is 0. The number of fused-ring (bicyclic) bond motifs is 2. The molecule has 0 radical (unpaired) electrons. The number of anilines is 1. The minimum absolute atomic E-state index is 0.00863. The van der Waals surface area contributed by atoms with Gasteiger partial charge >= 0.3 is 0 Å². The van der Waals surface area contributed by atoms with Crippen molar-refractivity contribution in [1.82, 2.24) is 4.58 Å². The Morgan fingerprint density at radius 2 is 1.84 bits per heavy atom. The molecule has 154 valence electrons. The highest BCUT2D eigenvalue weighted by Gasteiger charge is 2.23. The molecule has 6 rings (SSSR count). The van der Waals surface area contributed by atoms with Crippen molar-refractivity contribution in [2.45, 2.75) is 12.7 Å². The molecule has 31 heavy (non-hydrogen) atoms. The van der Waals surface area contributed by atoms with Crippen LogP contribution in [0.1, 0.15) is 39.6 Å². The summed E-state index contributed by atoms with van der Waals surface area (Å²) < 4.78 is 104. The minimum atomic E-state index is -2.84. The fourth-order valence-electron chi connectivity index (χ4n) is 3.80. The molecule has 2 aromatic rings. The van der Waals surface area contributed by atoms with Crippen molar-refractivity contribution < 1.29 is 30.8 Å². The van der Waals surface area contributed by atoms with Gasteiger partial charge in [0.15, 0.2) is 0 Å². The Balaban J connectivity index is 1.69. The van der Waals surface area contributed by atoms with Crippen LogP contribution in [0.25, 0.3) is 33.4 Å². The van der Waals surface area contributed by atoms with E-state index in [1.54, 1.807) is 6.07 Å². The summed E-state index contributed by atoms with van der Waals surface area (Å²) >= 11 is 0. The van der Waals surface area contributed by atoms with Gasteiger partial charge in [-0.2, -0.15) is 0 Å². The molecule has 1 aliphatic carbocycles. The van der Waals surface area contributed by atoms with E-state index >= 15 is 0 Å². The molecular weight excluding hydrogens is 388 g/mol. The van der Waals surface area contributed by atoms with E-state index in [2.05, 4.69) is 0 Å². The maximum Gasteiger partial charge on any atom is 0.203 e. The fourth-order valence-corrected chi connectivity index (χ4v) is 3.80. The molecular formula is C26H22N2O3. The van der Waals surface area contributed by atoms with Gasteiger partial charge in [0.05, 0.1) is 18.4 Å². The Labute approximate surface area is 196 Å². The quantitative estimate of drug-likeness (QED) is 0.376. The van der Waals surface area contributed by atoms with Gasteiger partial charge in [-0.15, -0.1) is 0 Å². The lowest BCUT2D eigenvalue weighted by atomic mass is 9.90. The normalized spacial score (nSPS) is 31.2. The van der Waals surface area contributed by atoms with Gasteiger partial charge in [-0.25, -0.2) is 4.58 Å². The third-order valence-electron chi connectivity index (χ3n) is 5.29. The number of hydrogen-bond donors (Lipinski definition) is 0. The zero-order chi connectivity index (χ0) is 31.7. The number of rotatable bonds is 3. The summed E-state index contributed by atoms with van der Waals surface area (Å²) in [4.78, 5) is 12.7. The topological polar surface area (TPSA) is 59.5 Å². The molecule has 4 aliphatic rings. The molecule has 5 nitrogen and oxygen atoms in total. The maximum atomic E-state index is 12.1. The van der Waals surface area contributed by atoms with E-state index in [0.29, 0.717) is 26.0 Å². The Morgan fingerprint density at radius 3 is 2.68 bits per heavy atom. The second-order valence-corrected chi connectivity index (χ2v) is 7.04. The SMILES string of the molecule is [2H]C1([2H])N(c2ccc3c(-c4ccccc4C(=O)[O-])c4ccc(=[N+]5C([2H])([2H])C([2H])([2H])C5([2H])[2H])cc-4oc3c2)C([2H])([2H])C1([2H])[2H]. The molecule has 0 N–H and O–H groups in total. The van der Waals surface area contributed by atoms with Gasteiger partial charge in [-0.05, 0) is 30.1 Å². The highest BCUT2D eigenvalue weighted by Crippen LogP contribution is 2.42. The average Bonchev–Trinajstić information content (AvgIpc) is 2.90. The smallest absolute Gasteiger partial charge is 0.203 e. The van der Waals surface area contributed by atoms with E-state index in [1.807, 2.05) is 0 Å². The first-order valence-corrected chi connectivity index (χ1v) is 9.46. The number of nitrogens with zero attached hydrogens (tertiary/aromatic N) is 2. The summed E-state index contributed by atoms with van der Waals surface area (Å²) in [5.41, 5.74) is 0.633. The van der Waals surface area contributed by atoms with Crippen molar-refractivity contribution in [1.29, 1.82) is 0 Å². The van der Waals surface area contributed by atoms with E-state index in [-0.39, 0.29) is 33.5 Å². The Bertz CT molecular complexity index is 1860. The predicted molar refractivity (Wildman–Crippen MR) is 119 cm³/mol. The highest BCUT2D eigenvalue weighted by molar-refractivity contribution is 6.07. The first-order valence-electron chi connectivity index (χ1n) is 15.5. The fraction of sp³-hybridized carbons (Fsp3) is 0.231. The van der Waals surface area contributed by atoms with Crippen LogP contribution >= 0.6 is 0 Å². The number of carbonyl (C=O) groups excluding carboxylic acids is 1. The first-order chi connectivity index (χ1) is 19.7. The average molecular weight is 423 g/mol. The molecule has 0 amide bonds. The molecule has 0 atom stereocenters. The van der Waals surface area contributed by atoms with E-state index < -0.39 is 44.7 Å². The molecule has 0 aromatic heterocycles. The van der Waals surface area contributed by atoms with Crippen LogP contribution < -0.4 is 19.9 Å². The van der Waals surface area contributed by atoms with Crippen LogP contribution in [0.2, 0.25) is 0 Å². The molecule has 5 heteroatoms. The third kappa shape index (κ3) is 2.92. The van der Waals surface area contributed by atoms with Gasteiger partial charge in [0, 0.05) is 63.9 Å². The summed E-state index contributed by atoms with van der Waals surface area (Å²) in [6, 6.07) is 14.2. The van der Waals surface area contributed by atoms with Crippen LogP contribution in [0.3, 0.4) is 0 Å².